The Labute approximate surface area is 223 Å². The van der Waals surface area contributed by atoms with Gasteiger partial charge in [0.25, 0.3) is 0 Å². The van der Waals surface area contributed by atoms with Crippen LogP contribution in [0.2, 0.25) is 32.7 Å². The molecule has 1 nitrogen and oxygen atoms in total. The molecule has 4 aromatic rings. The second-order valence-corrected chi connectivity index (χ2v) is 22.7. The van der Waals surface area contributed by atoms with E-state index in [4.69, 9.17) is 4.43 Å². The van der Waals surface area contributed by atoms with Gasteiger partial charge in [0.05, 0.1) is 0 Å². The molecular weight excluding hydrogens is 547 g/mol. The molecule has 0 bridgehead atoms. The van der Waals surface area contributed by atoms with E-state index in [1.807, 2.05) is 0 Å². The molecule has 0 N–H and O–H groups in total. The minimum absolute atomic E-state index is 0. The predicted molar refractivity (Wildman–Crippen MR) is 134 cm³/mol. The zero-order valence-electron chi connectivity index (χ0n) is 20.0. The number of rotatable bonds is 4. The smallest absolute Gasteiger partial charge is 0.0771 e. The molecule has 0 aliphatic carbocycles. The Balaban J connectivity index is 0.000000490. The van der Waals surface area contributed by atoms with Crippen molar-refractivity contribution in [1.29, 1.82) is 0 Å². The average molecular weight is 581 g/mol. The van der Waals surface area contributed by atoms with E-state index in [9.17, 15) is 0 Å². The van der Waals surface area contributed by atoms with Crippen LogP contribution in [-0.4, -0.2) is 19.9 Å². The molecule has 6 heteroatoms. The van der Waals surface area contributed by atoms with Crippen molar-refractivity contribution in [3.63, 3.8) is 0 Å². The van der Waals surface area contributed by atoms with Gasteiger partial charge in [-0.25, -0.2) is 12.1 Å². The monoisotopic (exact) mass is 578 g/mol. The first-order chi connectivity index (χ1) is 14.2. The fraction of sp³-hybridized carbons (Fsp3) is 0.308. The number of hydrogen-bond donors (Lipinski definition) is 0. The maximum Gasteiger partial charge on any atom is -0.0771 e. The Morgan fingerprint density at radius 2 is 1.28 bits per heavy atom. The zero-order valence-corrected chi connectivity index (χ0v) is 25.9. The van der Waals surface area contributed by atoms with Gasteiger partial charge >= 0.3 is 41.9 Å². The van der Waals surface area contributed by atoms with Crippen LogP contribution >= 0.6 is 0 Å². The maximum absolute atomic E-state index is 5.95. The maximum atomic E-state index is 5.95. The molecule has 172 valence electrons. The Hall–Kier alpha value is -0.483. The van der Waals surface area contributed by atoms with E-state index in [1.54, 1.807) is 23.3 Å². The van der Waals surface area contributed by atoms with Crippen LogP contribution in [0.5, 0.6) is 0 Å². The fourth-order valence-electron chi connectivity index (χ4n) is 3.43. The Morgan fingerprint density at radius 1 is 0.875 bits per heavy atom. The van der Waals surface area contributed by atoms with Gasteiger partial charge in [0.15, 0.2) is 8.32 Å². The number of fused-ring (bicyclic) bond motifs is 3. The van der Waals surface area contributed by atoms with E-state index in [-0.39, 0.29) is 30.2 Å². The Kier molecular flexibility index (Phi) is 15.2. The van der Waals surface area contributed by atoms with E-state index >= 15 is 0 Å². The van der Waals surface area contributed by atoms with Gasteiger partial charge in [0, 0.05) is 6.10 Å². The van der Waals surface area contributed by atoms with Crippen molar-refractivity contribution in [3.8, 4) is 0 Å². The van der Waals surface area contributed by atoms with Gasteiger partial charge in [-0.05, 0) is 33.0 Å². The van der Waals surface area contributed by atoms with Crippen molar-refractivity contribution < 1.29 is 52.6 Å². The first kappa shape index (κ1) is 31.5. The molecular formula is C26H34Cl2OSi2Zr-2. The van der Waals surface area contributed by atoms with Crippen molar-refractivity contribution in [2.24, 2.45) is 0 Å². The molecule has 0 saturated carbocycles. The normalized spacial score (nSPS) is 11.2. The second-order valence-electron chi connectivity index (χ2n) is 8.86. The minimum Gasteiger partial charge on any atom is -1.00 e. The van der Waals surface area contributed by atoms with Gasteiger partial charge in [-0.2, -0.15) is 17.7 Å². The number of halogens is 2. The predicted octanol–water partition coefficient (Wildman–Crippen LogP) is 1.69. The second kappa shape index (κ2) is 15.4. The molecule has 4 rings (SSSR count). The third kappa shape index (κ3) is 11.6. The molecule has 0 aliphatic rings. The van der Waals surface area contributed by atoms with Crippen LogP contribution in [0.3, 0.4) is 0 Å². The van der Waals surface area contributed by atoms with Gasteiger partial charge in [-0.1, -0.05) is 36.4 Å². The quantitative estimate of drug-likeness (QED) is 0.264. The summed E-state index contributed by atoms with van der Waals surface area (Å²) in [7, 11) is -1.35. The number of benzene rings is 2. The molecule has 0 aromatic heterocycles. The van der Waals surface area contributed by atoms with Gasteiger partial charge in [-0.15, -0.1) is 39.7 Å². The van der Waals surface area contributed by atoms with Crippen molar-refractivity contribution in [2.45, 2.75) is 52.2 Å². The summed E-state index contributed by atoms with van der Waals surface area (Å²) in [6, 6.07) is 27.7. The summed E-state index contributed by atoms with van der Waals surface area (Å²) in [4.78, 5) is 0. The molecule has 0 amide bonds. The van der Waals surface area contributed by atoms with Crippen LogP contribution in [-0.2, 0) is 34.2 Å². The third-order valence-electron chi connectivity index (χ3n) is 4.33. The largest absolute Gasteiger partial charge is 1.00 e. The molecule has 0 saturated heterocycles. The Morgan fingerprint density at radius 3 is 1.69 bits per heavy atom. The molecule has 1 unspecified atom stereocenters. The van der Waals surface area contributed by atoms with Crippen LogP contribution in [0.25, 0.3) is 21.5 Å². The molecule has 32 heavy (non-hydrogen) atoms. The van der Waals surface area contributed by atoms with E-state index in [0.717, 1.165) is 6.42 Å². The molecule has 0 fully saturated rings. The Bertz CT molecular complexity index is 998. The first-order valence-corrected chi connectivity index (χ1v) is 20.2. The molecule has 0 radical (unpaired) electrons. The summed E-state index contributed by atoms with van der Waals surface area (Å²) < 4.78 is 5.95. The van der Waals surface area contributed by atoms with Crippen LogP contribution in [0.4, 0.5) is 0 Å². The van der Waals surface area contributed by atoms with Gasteiger partial charge in [0.2, 0.25) is 0 Å². The fourth-order valence-corrected chi connectivity index (χ4v) is 4.72. The minimum atomic E-state index is -1.35. The van der Waals surface area contributed by atoms with E-state index in [1.165, 1.54) is 27.1 Å². The summed E-state index contributed by atoms with van der Waals surface area (Å²) in [5, 5.41) is 5.39. The van der Waals surface area contributed by atoms with Gasteiger partial charge in [-0.3, -0.25) is 0 Å². The van der Waals surface area contributed by atoms with Gasteiger partial charge < -0.3 is 29.2 Å². The molecule has 4 aromatic carbocycles. The summed E-state index contributed by atoms with van der Waals surface area (Å²) in [5.41, 5.74) is 1.59. The average Bonchev–Trinajstić information content (AvgIpc) is 3.27. The van der Waals surface area contributed by atoms with Crippen molar-refractivity contribution in [3.05, 3.63) is 84.4 Å². The topological polar surface area (TPSA) is 9.23 Å². The van der Waals surface area contributed by atoms with Crippen molar-refractivity contribution >= 4 is 35.3 Å². The van der Waals surface area contributed by atoms with Crippen molar-refractivity contribution in [1.82, 2.24) is 0 Å². The summed E-state index contributed by atoms with van der Waals surface area (Å²) in [6.45, 7) is 13.5. The van der Waals surface area contributed by atoms with Crippen LogP contribution in [0.15, 0.2) is 78.9 Å². The van der Waals surface area contributed by atoms with Crippen LogP contribution in [0, 0.1) is 0 Å². The molecule has 0 heterocycles. The van der Waals surface area contributed by atoms with Crippen LogP contribution < -0.4 is 24.8 Å². The SMILES string of the molecule is CC(C[c-]1cccc1)O[Si](C)(C)C.C[Si](C)=[Zr+2].[Cl-].[Cl-].c1ccc2c(c1)[cH-]c1ccccc12. The van der Waals surface area contributed by atoms with Gasteiger partial charge in [0.1, 0.15) is 0 Å². The van der Waals surface area contributed by atoms with E-state index in [0.29, 0.717) is 6.10 Å². The third-order valence-corrected chi connectivity index (χ3v) is 5.44. The number of hydrogen-bond acceptors (Lipinski definition) is 1. The standard InChI is InChI=1S/C13H9.C11H19OSi.C2H6Si.2ClH.Zr/c1-3-7-12-10(5-1)9-11-6-2-4-8-13(11)12;1-10(12-13(2,3)4)9-11-7-5-6-8-11;1-3-2;;;/h1-9H;5-8,10H,9H2,1-4H3;1-2H3;2*1H;/q2*-1;;;;+2/p-2. The first-order valence-electron chi connectivity index (χ1n) is 10.6. The molecule has 1 atom stereocenters. The zero-order chi connectivity index (χ0) is 22.1. The van der Waals surface area contributed by atoms with Crippen molar-refractivity contribution in [2.75, 3.05) is 0 Å². The molecule has 0 spiro atoms. The molecule has 0 aliphatic heterocycles. The summed E-state index contributed by atoms with van der Waals surface area (Å²) in [5.74, 6) is 0. The summed E-state index contributed by atoms with van der Waals surface area (Å²) >= 11 is 1.74. The summed E-state index contributed by atoms with van der Waals surface area (Å²) in [6.07, 6.45) is 1.39. The van der Waals surface area contributed by atoms with E-state index in [2.05, 4.69) is 119 Å². The van der Waals surface area contributed by atoms with E-state index < -0.39 is 8.32 Å². The van der Waals surface area contributed by atoms with Crippen LogP contribution in [0.1, 0.15) is 12.5 Å².